The average molecular weight is 445 g/mol. The van der Waals surface area contributed by atoms with Crippen LogP contribution in [0.25, 0.3) is 0 Å². The fraction of sp³-hybridized carbons (Fsp3) is 0.625. The monoisotopic (exact) mass is 444 g/mol. The molecule has 2 unspecified atom stereocenters. The number of aliphatic carboxylic acids is 2. The highest BCUT2D eigenvalue weighted by Gasteiger charge is 2.63. The second-order valence-electron chi connectivity index (χ2n) is 10.3. The molecule has 1 amide bonds. The van der Waals surface area contributed by atoms with Crippen LogP contribution in [0, 0.1) is 17.3 Å². The number of nitrogens with one attached hydrogen (secondary N) is 1. The summed E-state index contributed by atoms with van der Waals surface area (Å²) in [7, 11) is 0. The molecule has 0 radical (unpaired) electrons. The molecule has 6 atom stereocenters. The van der Waals surface area contributed by atoms with E-state index in [0.717, 1.165) is 43.2 Å². The first-order chi connectivity index (χ1) is 15.0. The number of carbonyl (C=O) groups is 3. The molecular weight excluding hydrogens is 412 g/mol. The highest BCUT2D eigenvalue weighted by atomic mass is 16.4. The molecule has 2 fully saturated rings. The van der Waals surface area contributed by atoms with Crippen molar-refractivity contribution >= 4 is 17.8 Å². The molecule has 3 aliphatic carbocycles. The van der Waals surface area contributed by atoms with E-state index in [4.69, 9.17) is 10.8 Å². The fourth-order valence-electron chi connectivity index (χ4n) is 7.23. The van der Waals surface area contributed by atoms with Crippen LogP contribution in [-0.2, 0) is 21.4 Å². The first-order valence-corrected chi connectivity index (χ1v) is 11.4. The van der Waals surface area contributed by atoms with Gasteiger partial charge in [-0.2, -0.15) is 0 Å². The lowest BCUT2D eigenvalue weighted by Crippen LogP contribution is -2.63. The smallest absolute Gasteiger partial charge is 0.321 e. The number of nitrogens with two attached hydrogens (primary N) is 1. The van der Waals surface area contributed by atoms with Gasteiger partial charge in [0.25, 0.3) is 5.91 Å². The minimum Gasteiger partial charge on any atom is -0.507 e. The standard InChI is InChI=1S/C24H32N2O6/c1-12-5-8-24-11-14(26-17(22(31)32)10-18(27)28)6-7-23(24,2)16(12)9-13-3-4-15(21(25)30)20(29)19(13)24/h3-4,12,14,16-17,26,29H,5-11H2,1-2H3,(H2,25,30)(H,27,28)(H,31,32)/t12?,14-,16+,17?,23+,24-/m1/s1. The molecule has 3 aliphatic rings. The summed E-state index contributed by atoms with van der Waals surface area (Å²) >= 11 is 0. The Kier molecular flexibility index (Phi) is 5.48. The number of aromatic hydroxyl groups is 1. The molecule has 0 heterocycles. The average Bonchev–Trinajstić information content (AvgIpc) is 2.70. The summed E-state index contributed by atoms with van der Waals surface area (Å²) in [5.41, 5.74) is 6.92. The van der Waals surface area contributed by atoms with Gasteiger partial charge < -0.3 is 26.4 Å². The zero-order valence-electron chi connectivity index (χ0n) is 18.6. The Morgan fingerprint density at radius 2 is 1.94 bits per heavy atom. The lowest BCUT2D eigenvalue weighted by atomic mass is 9.39. The second-order valence-corrected chi connectivity index (χ2v) is 10.3. The van der Waals surface area contributed by atoms with Crippen LogP contribution in [0.1, 0.15) is 73.9 Å². The molecule has 6 N–H and O–H groups in total. The number of rotatable bonds is 6. The fourth-order valence-corrected chi connectivity index (χ4v) is 7.23. The summed E-state index contributed by atoms with van der Waals surface area (Å²) in [6.45, 7) is 4.55. The molecule has 174 valence electrons. The van der Waals surface area contributed by atoms with E-state index in [9.17, 15) is 24.6 Å². The summed E-state index contributed by atoms with van der Waals surface area (Å²) in [6, 6.07) is 2.12. The Hall–Kier alpha value is -2.61. The van der Waals surface area contributed by atoms with E-state index in [1.807, 2.05) is 6.07 Å². The SMILES string of the molecule is CC1CC[C@]23C[C@H](NC(CC(=O)O)C(=O)O)CC[C@@]2(C)[C@H]1Cc1ccc(C(N)=O)c(O)c13. The number of fused-ring (bicyclic) bond motifs is 1. The van der Waals surface area contributed by atoms with Crippen LogP contribution < -0.4 is 11.1 Å². The zero-order valence-corrected chi connectivity index (χ0v) is 18.6. The molecule has 0 spiro atoms. The predicted octanol–water partition coefficient (Wildman–Crippen LogP) is 2.41. The largest absolute Gasteiger partial charge is 0.507 e. The molecule has 4 rings (SSSR count). The first-order valence-electron chi connectivity index (χ1n) is 11.4. The van der Waals surface area contributed by atoms with Crippen molar-refractivity contribution < 1.29 is 29.7 Å². The van der Waals surface area contributed by atoms with Crippen molar-refractivity contribution in [1.82, 2.24) is 5.32 Å². The van der Waals surface area contributed by atoms with Gasteiger partial charge in [0.1, 0.15) is 11.8 Å². The van der Waals surface area contributed by atoms with Crippen molar-refractivity contribution in [2.75, 3.05) is 0 Å². The maximum absolute atomic E-state index is 12.0. The number of amides is 1. The third-order valence-corrected chi connectivity index (χ3v) is 8.79. The highest BCUT2D eigenvalue weighted by Crippen LogP contribution is 2.68. The molecular formula is C24H32N2O6. The number of primary amides is 1. The Balaban J connectivity index is 1.79. The summed E-state index contributed by atoms with van der Waals surface area (Å²) in [4.78, 5) is 34.8. The second kappa shape index (κ2) is 7.76. The van der Waals surface area contributed by atoms with Crippen molar-refractivity contribution in [3.63, 3.8) is 0 Å². The molecule has 32 heavy (non-hydrogen) atoms. The van der Waals surface area contributed by atoms with Crippen molar-refractivity contribution in [2.45, 2.75) is 76.3 Å². The summed E-state index contributed by atoms with van der Waals surface area (Å²) in [5.74, 6) is -2.14. The van der Waals surface area contributed by atoms with Crippen LogP contribution in [0.5, 0.6) is 5.75 Å². The highest BCUT2D eigenvalue weighted by molar-refractivity contribution is 5.96. The normalized spacial score (nSPS) is 34.1. The van der Waals surface area contributed by atoms with E-state index >= 15 is 0 Å². The predicted molar refractivity (Wildman–Crippen MR) is 116 cm³/mol. The van der Waals surface area contributed by atoms with E-state index in [2.05, 4.69) is 19.2 Å². The Morgan fingerprint density at radius 1 is 1.22 bits per heavy atom. The molecule has 1 aromatic rings. The number of hydrogen-bond acceptors (Lipinski definition) is 5. The lowest BCUT2D eigenvalue weighted by Gasteiger charge is -2.65. The van der Waals surface area contributed by atoms with Gasteiger partial charge in [0.2, 0.25) is 0 Å². The van der Waals surface area contributed by atoms with E-state index in [0.29, 0.717) is 18.3 Å². The summed E-state index contributed by atoms with van der Waals surface area (Å²) in [6.07, 6.45) is 4.27. The number of carboxylic acids is 2. The third kappa shape index (κ3) is 3.27. The van der Waals surface area contributed by atoms with Crippen LogP contribution in [-0.4, -0.2) is 45.2 Å². The summed E-state index contributed by atoms with van der Waals surface area (Å²) in [5, 5.41) is 33.0. The number of hydrogen-bond donors (Lipinski definition) is 5. The van der Waals surface area contributed by atoms with Gasteiger partial charge in [-0.05, 0) is 67.4 Å². The zero-order chi connectivity index (χ0) is 23.4. The van der Waals surface area contributed by atoms with Crippen molar-refractivity contribution in [3.05, 3.63) is 28.8 Å². The lowest BCUT2D eigenvalue weighted by molar-refractivity contribution is -0.146. The molecule has 0 aromatic heterocycles. The third-order valence-electron chi connectivity index (χ3n) is 8.79. The molecule has 2 saturated carbocycles. The number of carbonyl (C=O) groups excluding carboxylic acids is 1. The van der Waals surface area contributed by atoms with Gasteiger partial charge in [0.05, 0.1) is 12.0 Å². The van der Waals surface area contributed by atoms with Crippen molar-refractivity contribution in [2.24, 2.45) is 23.0 Å². The number of carboxylic acid groups (broad SMARTS) is 2. The topological polar surface area (TPSA) is 150 Å². The van der Waals surface area contributed by atoms with E-state index in [1.54, 1.807) is 6.07 Å². The van der Waals surface area contributed by atoms with Gasteiger partial charge in [-0.25, -0.2) is 0 Å². The summed E-state index contributed by atoms with van der Waals surface area (Å²) < 4.78 is 0. The van der Waals surface area contributed by atoms with Crippen LogP contribution >= 0.6 is 0 Å². The minimum absolute atomic E-state index is 0.0461. The Morgan fingerprint density at radius 3 is 2.56 bits per heavy atom. The minimum atomic E-state index is -1.18. The van der Waals surface area contributed by atoms with Crippen LogP contribution in [0.4, 0.5) is 0 Å². The van der Waals surface area contributed by atoms with Gasteiger partial charge in [0, 0.05) is 17.0 Å². The molecule has 2 bridgehead atoms. The molecule has 0 saturated heterocycles. The Bertz CT molecular complexity index is 977. The quantitative estimate of drug-likeness (QED) is 0.452. The van der Waals surface area contributed by atoms with E-state index in [-0.39, 0.29) is 22.8 Å². The Labute approximate surface area is 187 Å². The molecule has 8 nitrogen and oxygen atoms in total. The van der Waals surface area contributed by atoms with Crippen LogP contribution in [0.3, 0.4) is 0 Å². The van der Waals surface area contributed by atoms with Crippen LogP contribution in [0.2, 0.25) is 0 Å². The molecule has 8 heteroatoms. The van der Waals surface area contributed by atoms with Gasteiger partial charge in [-0.15, -0.1) is 0 Å². The first kappa shape index (κ1) is 22.6. The van der Waals surface area contributed by atoms with Gasteiger partial charge in [-0.3, -0.25) is 14.4 Å². The van der Waals surface area contributed by atoms with Crippen LogP contribution in [0.15, 0.2) is 12.1 Å². The maximum Gasteiger partial charge on any atom is 0.321 e. The van der Waals surface area contributed by atoms with E-state index in [1.165, 1.54) is 0 Å². The molecule has 0 aliphatic heterocycles. The van der Waals surface area contributed by atoms with Gasteiger partial charge >= 0.3 is 11.9 Å². The van der Waals surface area contributed by atoms with E-state index < -0.39 is 35.7 Å². The van der Waals surface area contributed by atoms with Gasteiger partial charge in [-0.1, -0.05) is 19.9 Å². The molecule has 1 aromatic carbocycles. The maximum atomic E-state index is 12.0. The van der Waals surface area contributed by atoms with Gasteiger partial charge in [0.15, 0.2) is 0 Å². The van der Waals surface area contributed by atoms with Crippen molar-refractivity contribution in [3.8, 4) is 5.75 Å². The van der Waals surface area contributed by atoms with Crippen molar-refractivity contribution in [1.29, 1.82) is 0 Å². The number of phenols is 1. The number of benzene rings is 1.